The maximum Gasteiger partial charge on any atom is 0.270 e. The van der Waals surface area contributed by atoms with Crippen LogP contribution in [0.15, 0.2) is 48.7 Å². The molecule has 2 aromatic carbocycles. The summed E-state index contributed by atoms with van der Waals surface area (Å²) in [6.07, 6.45) is 3.90. The molecule has 0 bridgehead atoms. The lowest BCUT2D eigenvalue weighted by Crippen LogP contribution is -2.40. The van der Waals surface area contributed by atoms with E-state index in [-0.39, 0.29) is 23.2 Å². The summed E-state index contributed by atoms with van der Waals surface area (Å²) in [6, 6.07) is 11.7. The highest BCUT2D eigenvalue weighted by Crippen LogP contribution is 2.42. The van der Waals surface area contributed by atoms with Crippen molar-refractivity contribution in [1.29, 1.82) is 0 Å². The molecule has 0 radical (unpaired) electrons. The van der Waals surface area contributed by atoms with Crippen LogP contribution in [0.25, 0.3) is 26.7 Å². The molecule has 1 fully saturated rings. The second-order valence-corrected chi connectivity index (χ2v) is 10.4. The lowest BCUT2D eigenvalue weighted by Gasteiger charge is -2.21. The van der Waals surface area contributed by atoms with Crippen LogP contribution in [0.3, 0.4) is 0 Å². The van der Waals surface area contributed by atoms with Crippen LogP contribution in [-0.4, -0.2) is 33.8 Å². The van der Waals surface area contributed by atoms with Gasteiger partial charge in [0.1, 0.15) is 17.2 Å². The van der Waals surface area contributed by atoms with E-state index >= 15 is 0 Å². The quantitative estimate of drug-likeness (QED) is 0.377. The number of carbonyl (C=O) groups is 2. The van der Waals surface area contributed by atoms with Crippen LogP contribution in [0.4, 0.5) is 4.39 Å². The maximum absolute atomic E-state index is 13.4. The standard InChI is InChI=1S/C27H27FN4O2S/c1-15(2)27(11-12-27)31-24(33)18-6-5-16(3)20(13-18)21-14-32-23(25(34)29-4)22(30-26(32)35-21)17-7-9-19(28)10-8-17/h5-10,13-15H,11-12H2,1-4H3,(H,29,34)(H,31,33). The minimum atomic E-state index is -0.348. The van der Waals surface area contributed by atoms with Gasteiger partial charge in [0.15, 0.2) is 4.96 Å². The molecule has 35 heavy (non-hydrogen) atoms. The summed E-state index contributed by atoms with van der Waals surface area (Å²) in [7, 11) is 1.57. The third kappa shape index (κ3) is 4.12. The van der Waals surface area contributed by atoms with E-state index in [9.17, 15) is 14.0 Å². The van der Waals surface area contributed by atoms with Gasteiger partial charge in [-0.05, 0) is 73.2 Å². The van der Waals surface area contributed by atoms with Gasteiger partial charge in [-0.1, -0.05) is 31.3 Å². The number of nitrogens with zero attached hydrogens (tertiary/aromatic N) is 2. The topological polar surface area (TPSA) is 75.5 Å². The highest BCUT2D eigenvalue weighted by atomic mass is 32.1. The summed E-state index contributed by atoms with van der Waals surface area (Å²) in [5.41, 5.74) is 4.01. The van der Waals surface area contributed by atoms with Crippen LogP contribution < -0.4 is 10.6 Å². The number of nitrogens with one attached hydrogen (secondary N) is 2. The summed E-state index contributed by atoms with van der Waals surface area (Å²) in [5.74, 6) is -0.309. The molecular formula is C27H27FN4O2S. The fraction of sp³-hybridized carbons (Fsp3) is 0.296. The number of halogens is 1. The van der Waals surface area contributed by atoms with Crippen molar-refractivity contribution in [1.82, 2.24) is 20.0 Å². The highest BCUT2D eigenvalue weighted by molar-refractivity contribution is 7.20. The minimum Gasteiger partial charge on any atom is -0.354 e. The van der Waals surface area contributed by atoms with Gasteiger partial charge in [0.2, 0.25) is 0 Å². The molecule has 2 N–H and O–H groups in total. The van der Waals surface area contributed by atoms with Crippen LogP contribution in [0.2, 0.25) is 0 Å². The van der Waals surface area contributed by atoms with Gasteiger partial charge < -0.3 is 10.6 Å². The molecule has 180 valence electrons. The molecule has 4 aromatic rings. The van der Waals surface area contributed by atoms with Crippen molar-refractivity contribution in [2.75, 3.05) is 7.05 Å². The number of benzene rings is 2. The van der Waals surface area contributed by atoms with E-state index in [0.29, 0.717) is 33.4 Å². The molecule has 0 atom stereocenters. The predicted octanol–water partition coefficient (Wildman–Crippen LogP) is 5.46. The minimum absolute atomic E-state index is 0.0663. The van der Waals surface area contributed by atoms with E-state index in [4.69, 9.17) is 4.98 Å². The van der Waals surface area contributed by atoms with Crippen molar-refractivity contribution in [3.05, 3.63) is 71.3 Å². The highest BCUT2D eigenvalue weighted by Gasteiger charge is 2.46. The maximum atomic E-state index is 13.4. The van der Waals surface area contributed by atoms with E-state index in [0.717, 1.165) is 28.8 Å². The molecular weight excluding hydrogens is 463 g/mol. The average Bonchev–Trinajstić information content (AvgIpc) is 3.38. The number of aromatic nitrogens is 2. The van der Waals surface area contributed by atoms with Crippen LogP contribution in [0.5, 0.6) is 0 Å². The van der Waals surface area contributed by atoms with Crippen molar-refractivity contribution in [3.8, 4) is 21.7 Å². The number of hydrogen-bond donors (Lipinski definition) is 2. The molecule has 0 aliphatic heterocycles. The molecule has 6 nitrogen and oxygen atoms in total. The van der Waals surface area contributed by atoms with Gasteiger partial charge in [-0.15, -0.1) is 0 Å². The Morgan fingerprint density at radius 1 is 1.11 bits per heavy atom. The van der Waals surface area contributed by atoms with Crippen molar-refractivity contribution in [3.63, 3.8) is 0 Å². The molecule has 2 heterocycles. The Morgan fingerprint density at radius 3 is 2.46 bits per heavy atom. The largest absolute Gasteiger partial charge is 0.354 e. The third-order valence-electron chi connectivity index (χ3n) is 6.91. The van der Waals surface area contributed by atoms with Gasteiger partial charge >= 0.3 is 0 Å². The van der Waals surface area contributed by atoms with Gasteiger partial charge in [-0.2, -0.15) is 0 Å². The van der Waals surface area contributed by atoms with Crippen LogP contribution in [0.1, 0.15) is 53.1 Å². The molecule has 1 aliphatic carbocycles. The summed E-state index contributed by atoms with van der Waals surface area (Å²) < 4.78 is 15.2. The van der Waals surface area contributed by atoms with E-state index in [1.54, 1.807) is 23.6 Å². The van der Waals surface area contributed by atoms with Gasteiger partial charge in [0.05, 0.1) is 4.88 Å². The summed E-state index contributed by atoms with van der Waals surface area (Å²) in [6.45, 7) is 6.28. The zero-order chi connectivity index (χ0) is 24.9. The Kier molecular flexibility index (Phi) is 5.71. The van der Waals surface area contributed by atoms with E-state index in [2.05, 4.69) is 24.5 Å². The number of fused-ring (bicyclic) bond motifs is 1. The molecule has 0 unspecified atom stereocenters. The Morgan fingerprint density at radius 2 is 1.83 bits per heavy atom. The molecule has 8 heteroatoms. The second kappa shape index (κ2) is 8.61. The Bertz CT molecular complexity index is 1450. The van der Waals surface area contributed by atoms with Gasteiger partial charge in [-0.3, -0.25) is 14.0 Å². The first kappa shape index (κ1) is 23.2. The summed E-state index contributed by atoms with van der Waals surface area (Å²) in [4.78, 5) is 32.1. The van der Waals surface area contributed by atoms with Crippen LogP contribution >= 0.6 is 11.3 Å². The Balaban J connectivity index is 1.55. The van der Waals surface area contributed by atoms with Crippen LogP contribution in [-0.2, 0) is 0 Å². The Hall–Kier alpha value is -3.52. The van der Waals surface area contributed by atoms with E-state index in [1.165, 1.54) is 23.5 Å². The number of hydrogen-bond acceptors (Lipinski definition) is 4. The van der Waals surface area contributed by atoms with Gasteiger partial charge in [-0.25, -0.2) is 9.37 Å². The smallest absolute Gasteiger partial charge is 0.270 e. The number of carbonyl (C=O) groups excluding carboxylic acids is 2. The molecule has 2 amide bonds. The molecule has 0 spiro atoms. The molecule has 1 aliphatic rings. The Labute approximate surface area is 207 Å². The van der Waals surface area contributed by atoms with E-state index < -0.39 is 0 Å². The molecule has 5 rings (SSSR count). The fourth-order valence-corrected chi connectivity index (χ4v) is 5.49. The first-order valence-electron chi connectivity index (χ1n) is 11.7. The molecule has 0 saturated heterocycles. The number of amides is 2. The van der Waals surface area contributed by atoms with E-state index in [1.807, 2.05) is 31.3 Å². The van der Waals surface area contributed by atoms with Crippen molar-refractivity contribution in [2.45, 2.75) is 39.2 Å². The number of thiazole rings is 1. The van der Waals surface area contributed by atoms with Crippen molar-refractivity contribution in [2.24, 2.45) is 5.92 Å². The number of imidazole rings is 1. The van der Waals surface area contributed by atoms with Gasteiger partial charge in [0, 0.05) is 29.9 Å². The fourth-order valence-electron chi connectivity index (χ4n) is 4.42. The monoisotopic (exact) mass is 490 g/mol. The van der Waals surface area contributed by atoms with Crippen molar-refractivity contribution < 1.29 is 14.0 Å². The summed E-state index contributed by atoms with van der Waals surface area (Å²) in [5, 5.41) is 5.91. The lowest BCUT2D eigenvalue weighted by atomic mass is 10.00. The van der Waals surface area contributed by atoms with Crippen molar-refractivity contribution >= 4 is 28.1 Å². The zero-order valence-corrected chi connectivity index (χ0v) is 20.9. The third-order valence-corrected chi connectivity index (χ3v) is 7.92. The van der Waals surface area contributed by atoms with Gasteiger partial charge in [0.25, 0.3) is 11.8 Å². The summed E-state index contributed by atoms with van der Waals surface area (Å²) >= 11 is 1.44. The second-order valence-electron chi connectivity index (χ2n) is 9.44. The first-order chi connectivity index (χ1) is 16.7. The SMILES string of the molecule is CNC(=O)c1c(-c2ccc(F)cc2)nc2sc(-c3cc(C(=O)NC4(C(C)C)CC4)ccc3C)cn12. The predicted molar refractivity (Wildman–Crippen MR) is 136 cm³/mol. The van der Waals surface area contributed by atoms with Crippen LogP contribution in [0, 0.1) is 18.7 Å². The first-order valence-corrected chi connectivity index (χ1v) is 12.5. The number of rotatable bonds is 6. The normalized spacial score (nSPS) is 14.3. The lowest BCUT2D eigenvalue weighted by molar-refractivity contribution is 0.0916. The molecule has 1 saturated carbocycles. The zero-order valence-electron chi connectivity index (χ0n) is 20.1. The molecule has 2 aromatic heterocycles. The number of aryl methyl sites for hydroxylation is 1. The average molecular weight is 491 g/mol.